The fourth-order valence-corrected chi connectivity index (χ4v) is 5.71. The number of methoxy groups -OCH3 is 2. The average Bonchev–Trinajstić information content (AvgIpc) is 3.55. The number of amides is 1. The van der Waals surface area contributed by atoms with E-state index in [-0.39, 0.29) is 24.1 Å². The molecule has 0 N–H and O–H groups in total. The van der Waals surface area contributed by atoms with Crippen molar-refractivity contribution in [2.24, 2.45) is 0 Å². The predicted octanol–water partition coefficient (Wildman–Crippen LogP) is 3.14. The van der Waals surface area contributed by atoms with Crippen LogP contribution in [0.1, 0.15) is 38.9 Å². The van der Waals surface area contributed by atoms with E-state index in [1.165, 1.54) is 32.3 Å². The molecule has 2 aromatic heterocycles. The Morgan fingerprint density at radius 3 is 2.49 bits per heavy atom. The van der Waals surface area contributed by atoms with E-state index in [9.17, 15) is 18.5 Å². The molecule has 3 aromatic rings. The van der Waals surface area contributed by atoms with E-state index in [1.807, 2.05) is 0 Å². The highest BCUT2D eigenvalue weighted by Gasteiger charge is 2.41. The number of ether oxygens (including phenoxy) is 2. The zero-order valence-corrected chi connectivity index (χ0v) is 22.0. The molecule has 0 aliphatic carbocycles. The van der Waals surface area contributed by atoms with Crippen LogP contribution in [-0.2, 0) is 20.4 Å². The lowest BCUT2D eigenvalue weighted by atomic mass is 9.89. The average molecular weight is 528 g/mol. The molecule has 2 atom stereocenters. The van der Waals surface area contributed by atoms with Gasteiger partial charge in [-0.2, -0.15) is 5.26 Å². The van der Waals surface area contributed by atoms with E-state index in [0.717, 1.165) is 0 Å². The van der Waals surface area contributed by atoms with Crippen molar-refractivity contribution in [2.45, 2.75) is 49.7 Å². The molecule has 11 nitrogen and oxygen atoms in total. The van der Waals surface area contributed by atoms with E-state index >= 15 is 0 Å². The largest absolute Gasteiger partial charge is 0.494 e. The van der Waals surface area contributed by atoms with Crippen molar-refractivity contribution in [3.63, 3.8) is 0 Å². The minimum Gasteiger partial charge on any atom is -0.494 e. The molecule has 0 radical (unpaired) electrons. The molecule has 0 bridgehead atoms. The normalized spacial score (nSPS) is 18.9. The highest BCUT2D eigenvalue weighted by atomic mass is 32.2. The van der Waals surface area contributed by atoms with Crippen LogP contribution in [0.5, 0.6) is 11.5 Å². The lowest BCUT2D eigenvalue weighted by molar-refractivity contribution is -0.138. The van der Waals surface area contributed by atoms with E-state index < -0.39 is 26.4 Å². The first kappa shape index (κ1) is 26.2. The summed E-state index contributed by atoms with van der Waals surface area (Å²) < 4.78 is 45.4. The summed E-state index contributed by atoms with van der Waals surface area (Å²) in [7, 11) is -0.867. The highest BCUT2D eigenvalue weighted by Crippen LogP contribution is 2.37. The Morgan fingerprint density at radius 2 is 1.89 bits per heavy atom. The molecule has 1 fully saturated rings. The third kappa shape index (κ3) is 4.91. The van der Waals surface area contributed by atoms with Crippen molar-refractivity contribution in [3.8, 4) is 34.8 Å². The monoisotopic (exact) mass is 527 g/mol. The van der Waals surface area contributed by atoms with Crippen molar-refractivity contribution >= 4 is 15.7 Å². The molecular formula is C25H29N5O6S. The van der Waals surface area contributed by atoms with Crippen molar-refractivity contribution in [1.29, 1.82) is 5.26 Å². The first-order valence-corrected chi connectivity index (χ1v) is 13.5. The zero-order valence-electron chi connectivity index (χ0n) is 21.2. The zero-order chi connectivity index (χ0) is 26.8. The van der Waals surface area contributed by atoms with Gasteiger partial charge in [0, 0.05) is 13.0 Å². The van der Waals surface area contributed by atoms with E-state index in [4.69, 9.17) is 13.9 Å². The summed E-state index contributed by atoms with van der Waals surface area (Å²) in [5, 5.41) is 17.2. The quantitative estimate of drug-likeness (QED) is 0.410. The van der Waals surface area contributed by atoms with Gasteiger partial charge in [-0.05, 0) is 51.0 Å². The molecule has 0 saturated carbocycles. The number of rotatable bonds is 9. The van der Waals surface area contributed by atoms with Gasteiger partial charge in [0.15, 0.2) is 21.4 Å². The fraction of sp³-hybridized carbons (Fsp3) is 0.440. The fourth-order valence-electron chi connectivity index (χ4n) is 4.50. The van der Waals surface area contributed by atoms with Crippen molar-refractivity contribution in [1.82, 2.24) is 19.7 Å². The van der Waals surface area contributed by atoms with Gasteiger partial charge in [0.1, 0.15) is 28.5 Å². The number of hydrogen-bond acceptors (Lipinski definition) is 9. The molecule has 1 aromatic carbocycles. The first-order valence-electron chi connectivity index (χ1n) is 11.8. The van der Waals surface area contributed by atoms with Crippen LogP contribution in [0.4, 0.5) is 0 Å². The van der Waals surface area contributed by atoms with Gasteiger partial charge in [0.2, 0.25) is 11.7 Å². The Hall–Kier alpha value is -3.85. The lowest BCUT2D eigenvalue weighted by Crippen LogP contribution is -2.54. The van der Waals surface area contributed by atoms with Crippen LogP contribution in [0, 0.1) is 11.3 Å². The lowest BCUT2D eigenvalue weighted by Gasteiger charge is -2.41. The summed E-state index contributed by atoms with van der Waals surface area (Å²) in [5.74, 6) is 0.905. The van der Waals surface area contributed by atoms with Crippen LogP contribution < -0.4 is 9.47 Å². The van der Waals surface area contributed by atoms with Gasteiger partial charge in [0.05, 0.1) is 31.8 Å². The predicted molar refractivity (Wildman–Crippen MR) is 134 cm³/mol. The SMILES string of the molecule is COc1cccc(OC)c1-n1c(CS(=O)(=O)[C@@H](C)CN2C(=O)CCC[C@]2(C)C#N)nnc1-c1ccco1. The Balaban J connectivity index is 1.75. The molecule has 1 aliphatic heterocycles. The molecule has 4 rings (SSSR count). The third-order valence-electron chi connectivity index (χ3n) is 6.67. The van der Waals surface area contributed by atoms with Gasteiger partial charge in [-0.1, -0.05) is 6.07 Å². The smallest absolute Gasteiger partial charge is 0.223 e. The van der Waals surface area contributed by atoms with Crippen LogP contribution in [0.3, 0.4) is 0 Å². The molecule has 37 heavy (non-hydrogen) atoms. The second-order valence-electron chi connectivity index (χ2n) is 9.13. The van der Waals surface area contributed by atoms with Gasteiger partial charge in [-0.15, -0.1) is 10.2 Å². The summed E-state index contributed by atoms with van der Waals surface area (Å²) >= 11 is 0. The van der Waals surface area contributed by atoms with E-state index in [1.54, 1.807) is 41.8 Å². The maximum atomic E-state index is 13.6. The van der Waals surface area contributed by atoms with Gasteiger partial charge in [-0.3, -0.25) is 9.36 Å². The van der Waals surface area contributed by atoms with Crippen LogP contribution in [0.25, 0.3) is 17.3 Å². The molecule has 1 amide bonds. The minimum atomic E-state index is -3.86. The molecule has 1 aliphatic rings. The summed E-state index contributed by atoms with van der Waals surface area (Å²) in [4.78, 5) is 14.0. The summed E-state index contributed by atoms with van der Waals surface area (Å²) in [5.41, 5.74) is -0.624. The number of hydrogen-bond donors (Lipinski definition) is 0. The van der Waals surface area contributed by atoms with Crippen molar-refractivity contribution < 1.29 is 27.1 Å². The number of nitrogens with zero attached hydrogens (tertiary/aromatic N) is 5. The number of piperidine rings is 1. The molecule has 12 heteroatoms. The number of nitriles is 1. The molecule has 0 unspecified atom stereocenters. The summed E-state index contributed by atoms with van der Waals surface area (Å²) in [6.07, 6.45) is 2.86. The number of aromatic nitrogens is 3. The van der Waals surface area contributed by atoms with Crippen LogP contribution in [0.2, 0.25) is 0 Å². The molecule has 0 spiro atoms. The van der Waals surface area contributed by atoms with Crippen molar-refractivity contribution in [2.75, 3.05) is 20.8 Å². The number of likely N-dealkylation sites (tertiary alicyclic amines) is 1. The maximum absolute atomic E-state index is 13.6. The number of carbonyl (C=O) groups excluding carboxylic acids is 1. The number of benzene rings is 1. The topological polar surface area (TPSA) is 141 Å². The van der Waals surface area contributed by atoms with Crippen LogP contribution >= 0.6 is 0 Å². The number of sulfone groups is 1. The van der Waals surface area contributed by atoms with Gasteiger partial charge >= 0.3 is 0 Å². The second kappa shape index (κ2) is 10.3. The van der Waals surface area contributed by atoms with Gasteiger partial charge in [0.25, 0.3) is 0 Å². The minimum absolute atomic E-state index is 0.0949. The van der Waals surface area contributed by atoms with Crippen molar-refractivity contribution in [3.05, 3.63) is 42.4 Å². The Labute approximate surface area is 215 Å². The van der Waals surface area contributed by atoms with Gasteiger partial charge < -0.3 is 18.8 Å². The molecular weight excluding hydrogens is 498 g/mol. The Bertz CT molecular complexity index is 1400. The number of furan rings is 1. The Kier molecular flexibility index (Phi) is 7.27. The molecule has 1 saturated heterocycles. The Morgan fingerprint density at radius 1 is 1.19 bits per heavy atom. The van der Waals surface area contributed by atoms with E-state index in [2.05, 4.69) is 16.3 Å². The number of carbonyl (C=O) groups is 1. The summed E-state index contributed by atoms with van der Waals surface area (Å²) in [6, 6.07) is 10.7. The van der Waals surface area contributed by atoms with Crippen LogP contribution in [-0.4, -0.2) is 65.5 Å². The summed E-state index contributed by atoms with van der Waals surface area (Å²) in [6.45, 7) is 3.11. The maximum Gasteiger partial charge on any atom is 0.223 e. The standard InChI is InChI=1S/C25H29N5O6S/c1-17(14-29-22(31)11-6-12-25(29,2)16-26)37(32,33)15-21-27-28-24(20-10-7-13-36-20)30(21)23-18(34-3)8-5-9-19(23)35-4/h5,7-10,13,17H,6,11-12,14-15H2,1-4H3/t17-,25+/m0/s1. The van der Waals surface area contributed by atoms with Crippen LogP contribution in [0.15, 0.2) is 41.0 Å². The third-order valence-corrected chi connectivity index (χ3v) is 8.71. The number of para-hydroxylation sites is 1. The molecule has 196 valence electrons. The van der Waals surface area contributed by atoms with Gasteiger partial charge in [-0.25, -0.2) is 8.42 Å². The van der Waals surface area contributed by atoms with E-state index in [0.29, 0.717) is 42.2 Å². The molecule has 3 heterocycles. The highest BCUT2D eigenvalue weighted by molar-refractivity contribution is 7.91. The second-order valence-corrected chi connectivity index (χ2v) is 11.5. The first-order chi connectivity index (χ1) is 17.6.